The van der Waals surface area contributed by atoms with Gasteiger partial charge in [0.2, 0.25) is 0 Å². The lowest BCUT2D eigenvalue weighted by molar-refractivity contribution is 0.147. The first kappa shape index (κ1) is 13.0. The predicted molar refractivity (Wildman–Crippen MR) is 67.4 cm³/mol. The highest BCUT2D eigenvalue weighted by Crippen LogP contribution is 2.34. The van der Waals surface area contributed by atoms with Crippen molar-refractivity contribution in [3.05, 3.63) is 65.5 Å². The van der Waals surface area contributed by atoms with Crippen LogP contribution in [0.2, 0.25) is 0 Å². The van der Waals surface area contributed by atoms with Gasteiger partial charge in [0.05, 0.1) is 4.90 Å². The summed E-state index contributed by atoms with van der Waals surface area (Å²) in [6.07, 6.45) is -2.65. The lowest BCUT2D eigenvalue weighted by Crippen LogP contribution is -1.93. The number of hydrogen-bond donors (Lipinski definition) is 0. The van der Waals surface area contributed by atoms with E-state index in [9.17, 15) is 13.2 Å². The largest absolute Gasteiger partial charge is 0.265 e. The minimum Gasteiger partial charge on any atom is -0.206 e. The molecule has 0 spiro atoms. The highest BCUT2D eigenvalue weighted by molar-refractivity contribution is 7.98. The van der Waals surface area contributed by atoms with Crippen molar-refractivity contribution < 1.29 is 13.2 Å². The molecule has 2 rings (SSSR count). The van der Waals surface area contributed by atoms with Gasteiger partial charge in [-0.1, -0.05) is 42.5 Å². The monoisotopic (exact) mass is 268 g/mol. The molecular formula is C14H11F3S. The van der Waals surface area contributed by atoms with Crippen LogP contribution in [-0.4, -0.2) is 0 Å². The fourth-order valence-electron chi connectivity index (χ4n) is 1.58. The van der Waals surface area contributed by atoms with Crippen LogP contribution in [0.3, 0.4) is 0 Å². The van der Waals surface area contributed by atoms with Gasteiger partial charge in [0, 0.05) is 11.3 Å². The summed E-state index contributed by atoms with van der Waals surface area (Å²) in [5, 5.41) is 0. The zero-order valence-electron chi connectivity index (χ0n) is 9.45. The van der Waals surface area contributed by atoms with Crippen molar-refractivity contribution in [2.75, 3.05) is 0 Å². The lowest BCUT2D eigenvalue weighted by Gasteiger charge is -2.09. The van der Waals surface area contributed by atoms with Gasteiger partial charge in [0.15, 0.2) is 0 Å². The molecule has 94 valence electrons. The molecule has 0 nitrogen and oxygen atoms in total. The zero-order chi connectivity index (χ0) is 13.0. The predicted octanol–water partition coefficient (Wildman–Crippen LogP) is 5.06. The molecule has 0 saturated carbocycles. The second kappa shape index (κ2) is 5.96. The van der Waals surface area contributed by atoms with Crippen LogP contribution in [0.1, 0.15) is 17.6 Å². The fraction of sp³-hybridized carbons (Fsp3) is 0.143. The van der Waals surface area contributed by atoms with Crippen LogP contribution in [0.4, 0.5) is 13.2 Å². The van der Waals surface area contributed by atoms with E-state index in [2.05, 4.69) is 0 Å². The zero-order valence-corrected chi connectivity index (χ0v) is 10.3. The van der Waals surface area contributed by atoms with E-state index >= 15 is 0 Å². The summed E-state index contributed by atoms with van der Waals surface area (Å²) in [5.41, 5.74) is 0.738. The second-order valence-corrected chi connectivity index (χ2v) is 4.72. The van der Waals surface area contributed by atoms with Crippen LogP contribution in [-0.2, 0) is 5.75 Å². The maximum absolute atomic E-state index is 13.6. The third-order valence-electron chi connectivity index (χ3n) is 2.46. The summed E-state index contributed by atoms with van der Waals surface area (Å²) in [7, 11) is 0. The second-order valence-electron chi connectivity index (χ2n) is 3.73. The van der Waals surface area contributed by atoms with Crippen molar-refractivity contribution >= 4 is 11.8 Å². The van der Waals surface area contributed by atoms with Gasteiger partial charge in [-0.25, -0.2) is 13.2 Å². The van der Waals surface area contributed by atoms with Gasteiger partial charge in [-0.3, -0.25) is 0 Å². The first-order chi connectivity index (χ1) is 8.68. The average molecular weight is 268 g/mol. The van der Waals surface area contributed by atoms with Crippen molar-refractivity contribution in [2.45, 2.75) is 17.1 Å². The van der Waals surface area contributed by atoms with E-state index < -0.39 is 12.2 Å². The number of benzene rings is 2. The molecule has 2 aromatic carbocycles. The Morgan fingerprint density at radius 1 is 0.944 bits per heavy atom. The Labute approximate surface area is 108 Å². The highest BCUT2D eigenvalue weighted by atomic mass is 32.2. The van der Waals surface area contributed by atoms with Crippen molar-refractivity contribution in [3.8, 4) is 0 Å². The smallest absolute Gasteiger partial charge is 0.206 e. The van der Waals surface area contributed by atoms with Crippen LogP contribution in [0.5, 0.6) is 0 Å². The van der Waals surface area contributed by atoms with Crippen LogP contribution >= 0.6 is 11.8 Å². The van der Waals surface area contributed by atoms with Gasteiger partial charge in [-0.05, 0) is 11.6 Å². The molecule has 0 amide bonds. The summed E-state index contributed by atoms with van der Waals surface area (Å²) in [4.78, 5) is 0.0383. The minimum absolute atomic E-state index is 0.0383. The van der Waals surface area contributed by atoms with E-state index in [1.807, 2.05) is 30.3 Å². The van der Waals surface area contributed by atoms with Crippen molar-refractivity contribution in [2.24, 2.45) is 0 Å². The molecule has 18 heavy (non-hydrogen) atoms. The van der Waals surface area contributed by atoms with E-state index in [0.29, 0.717) is 5.75 Å². The standard InChI is InChI=1S/C14H11F3S/c15-12-8-4-7-11(14(16)17)13(12)18-9-10-5-2-1-3-6-10/h1-8,14H,9H2. The molecule has 0 saturated heterocycles. The Morgan fingerprint density at radius 3 is 2.33 bits per heavy atom. The number of hydrogen-bond acceptors (Lipinski definition) is 1. The number of rotatable bonds is 4. The molecule has 0 aromatic heterocycles. The van der Waals surface area contributed by atoms with Crippen LogP contribution in [0.15, 0.2) is 53.4 Å². The first-order valence-corrected chi connectivity index (χ1v) is 6.40. The van der Waals surface area contributed by atoms with E-state index in [4.69, 9.17) is 0 Å². The molecular weight excluding hydrogens is 257 g/mol. The van der Waals surface area contributed by atoms with Gasteiger partial charge >= 0.3 is 0 Å². The minimum atomic E-state index is -2.65. The van der Waals surface area contributed by atoms with Crippen molar-refractivity contribution in [1.29, 1.82) is 0 Å². The third kappa shape index (κ3) is 3.07. The van der Waals surface area contributed by atoms with Crippen LogP contribution in [0.25, 0.3) is 0 Å². The maximum Gasteiger partial charge on any atom is 0.265 e. The average Bonchev–Trinajstić information content (AvgIpc) is 2.38. The Hall–Kier alpha value is -1.42. The van der Waals surface area contributed by atoms with E-state index in [1.165, 1.54) is 18.2 Å². The molecule has 0 aliphatic heterocycles. The molecule has 0 fully saturated rings. The molecule has 0 radical (unpaired) electrons. The summed E-state index contributed by atoms with van der Waals surface area (Å²) < 4.78 is 39.1. The van der Waals surface area contributed by atoms with Crippen LogP contribution in [0, 0.1) is 5.82 Å². The molecule has 0 unspecified atom stereocenters. The number of thioether (sulfide) groups is 1. The molecule has 0 N–H and O–H groups in total. The van der Waals surface area contributed by atoms with Crippen molar-refractivity contribution in [1.82, 2.24) is 0 Å². The van der Waals surface area contributed by atoms with E-state index in [1.54, 1.807) is 0 Å². The van der Waals surface area contributed by atoms with E-state index in [0.717, 1.165) is 17.3 Å². The van der Waals surface area contributed by atoms with Crippen LogP contribution < -0.4 is 0 Å². The van der Waals surface area contributed by atoms with Crippen molar-refractivity contribution in [3.63, 3.8) is 0 Å². The molecule has 2 aromatic rings. The van der Waals surface area contributed by atoms with Gasteiger partial charge in [0.1, 0.15) is 5.82 Å². The molecule has 0 bridgehead atoms. The topological polar surface area (TPSA) is 0 Å². The third-order valence-corrected chi connectivity index (χ3v) is 3.66. The molecule has 0 heterocycles. The van der Waals surface area contributed by atoms with Gasteiger partial charge < -0.3 is 0 Å². The normalized spacial score (nSPS) is 10.9. The summed E-state index contributed by atoms with van der Waals surface area (Å²) in [6.45, 7) is 0. The first-order valence-electron chi connectivity index (χ1n) is 5.42. The summed E-state index contributed by atoms with van der Waals surface area (Å²) >= 11 is 1.10. The Kier molecular flexibility index (Phi) is 4.31. The number of alkyl halides is 2. The SMILES string of the molecule is Fc1cccc(C(F)F)c1SCc1ccccc1. The molecule has 0 atom stereocenters. The Balaban J connectivity index is 2.19. The Morgan fingerprint density at radius 2 is 1.67 bits per heavy atom. The lowest BCUT2D eigenvalue weighted by atomic mass is 10.2. The molecule has 0 aliphatic carbocycles. The molecule has 4 heteroatoms. The fourth-order valence-corrected chi connectivity index (χ4v) is 2.61. The number of halogens is 3. The van der Waals surface area contributed by atoms with E-state index in [-0.39, 0.29) is 10.5 Å². The summed E-state index contributed by atoms with van der Waals surface area (Å²) in [5.74, 6) is -0.115. The summed E-state index contributed by atoms with van der Waals surface area (Å²) in [6, 6.07) is 13.2. The van der Waals surface area contributed by atoms with Gasteiger partial charge in [-0.2, -0.15) is 0 Å². The van der Waals surface area contributed by atoms with Gasteiger partial charge in [-0.15, -0.1) is 11.8 Å². The quantitative estimate of drug-likeness (QED) is 0.699. The maximum atomic E-state index is 13.6. The Bertz CT molecular complexity index is 512. The highest BCUT2D eigenvalue weighted by Gasteiger charge is 2.16. The molecule has 0 aliphatic rings. The van der Waals surface area contributed by atoms with Gasteiger partial charge in [0.25, 0.3) is 6.43 Å².